The van der Waals surface area contributed by atoms with E-state index in [0.29, 0.717) is 5.02 Å². The van der Waals surface area contributed by atoms with Gasteiger partial charge in [-0.1, -0.05) is 39.7 Å². The Morgan fingerprint density at radius 2 is 1.89 bits per heavy atom. The molecule has 0 aliphatic rings. The predicted octanol–water partition coefficient (Wildman–Crippen LogP) is 5.53. The summed E-state index contributed by atoms with van der Waals surface area (Å²) >= 11 is 9.61. The summed E-state index contributed by atoms with van der Waals surface area (Å²) in [4.78, 5) is 2.02. The molecule has 0 aromatic heterocycles. The summed E-state index contributed by atoms with van der Waals surface area (Å²) in [6.45, 7) is 2.77. The van der Waals surface area contributed by atoms with Crippen molar-refractivity contribution in [2.45, 2.75) is 12.3 Å². The third-order valence-electron chi connectivity index (χ3n) is 2.93. The van der Waals surface area contributed by atoms with Crippen LogP contribution in [0.5, 0.6) is 0 Å². The number of hydrogen-bond donors (Lipinski definition) is 0. The molecular formula is C15H14BrClFN. The van der Waals surface area contributed by atoms with Gasteiger partial charge in [0.25, 0.3) is 0 Å². The summed E-state index contributed by atoms with van der Waals surface area (Å²) in [7, 11) is 0. The minimum absolute atomic E-state index is 0.237. The van der Waals surface area contributed by atoms with E-state index in [4.69, 9.17) is 11.6 Å². The van der Waals surface area contributed by atoms with E-state index in [1.54, 1.807) is 6.07 Å². The largest absolute Gasteiger partial charge is 0.342 e. The molecule has 19 heavy (non-hydrogen) atoms. The number of nitrogens with zero attached hydrogens (tertiary/aromatic N) is 1. The highest BCUT2D eigenvalue weighted by molar-refractivity contribution is 9.08. The van der Waals surface area contributed by atoms with Crippen LogP contribution in [0, 0.1) is 5.82 Å². The normalized spacial score (nSPS) is 10.5. The molecule has 0 spiro atoms. The fourth-order valence-corrected chi connectivity index (χ4v) is 2.86. The van der Waals surface area contributed by atoms with Gasteiger partial charge in [0, 0.05) is 28.3 Å². The van der Waals surface area contributed by atoms with Gasteiger partial charge in [-0.3, -0.25) is 0 Å². The lowest BCUT2D eigenvalue weighted by Crippen LogP contribution is -2.16. The molecule has 0 heterocycles. The summed E-state index contributed by atoms with van der Waals surface area (Å²) in [5.41, 5.74) is 2.83. The molecule has 0 aliphatic carbocycles. The average Bonchev–Trinajstić information content (AvgIpc) is 2.40. The van der Waals surface area contributed by atoms with E-state index in [2.05, 4.69) is 15.9 Å². The second-order valence-corrected chi connectivity index (χ2v) is 5.10. The first-order valence-corrected chi connectivity index (χ1v) is 7.53. The predicted molar refractivity (Wildman–Crippen MR) is 83.2 cm³/mol. The smallest absolute Gasteiger partial charge is 0.125 e. The standard InChI is InChI=1S/C15H14BrClFN/c1-2-19(13-5-3-4-12(18)8-13)14-7-6-11(10-16)15(17)9-14/h3-9H,2,10H2,1H3. The Bertz CT molecular complexity index is 574. The van der Waals surface area contributed by atoms with Crippen molar-refractivity contribution in [2.75, 3.05) is 11.4 Å². The Hall–Kier alpha value is -1.06. The summed E-state index contributed by atoms with van der Waals surface area (Å²) in [6, 6.07) is 12.5. The second-order valence-electron chi connectivity index (χ2n) is 4.13. The Balaban J connectivity index is 2.39. The van der Waals surface area contributed by atoms with E-state index >= 15 is 0 Å². The van der Waals surface area contributed by atoms with Crippen molar-refractivity contribution in [1.29, 1.82) is 0 Å². The third-order valence-corrected chi connectivity index (χ3v) is 3.88. The van der Waals surface area contributed by atoms with Crippen LogP contribution in [0.4, 0.5) is 15.8 Å². The molecule has 0 saturated carbocycles. The van der Waals surface area contributed by atoms with E-state index in [1.165, 1.54) is 12.1 Å². The zero-order valence-corrected chi connectivity index (χ0v) is 12.9. The molecule has 4 heteroatoms. The van der Waals surface area contributed by atoms with Gasteiger partial charge in [-0.25, -0.2) is 4.39 Å². The van der Waals surface area contributed by atoms with Gasteiger partial charge in [0.1, 0.15) is 5.82 Å². The molecule has 2 aromatic rings. The first kappa shape index (κ1) is 14.4. The highest BCUT2D eigenvalue weighted by Crippen LogP contribution is 2.30. The molecule has 100 valence electrons. The van der Waals surface area contributed by atoms with Gasteiger partial charge in [-0.2, -0.15) is 0 Å². The Labute approximate surface area is 126 Å². The lowest BCUT2D eigenvalue weighted by atomic mass is 10.2. The van der Waals surface area contributed by atoms with Gasteiger partial charge in [-0.05, 0) is 42.8 Å². The number of hydrogen-bond acceptors (Lipinski definition) is 1. The van der Waals surface area contributed by atoms with Crippen LogP contribution in [0.2, 0.25) is 5.02 Å². The highest BCUT2D eigenvalue weighted by atomic mass is 79.9. The first-order valence-electron chi connectivity index (χ1n) is 6.03. The maximum atomic E-state index is 13.3. The maximum Gasteiger partial charge on any atom is 0.125 e. The quantitative estimate of drug-likeness (QED) is 0.660. The average molecular weight is 343 g/mol. The number of halogens is 3. The zero-order chi connectivity index (χ0) is 13.8. The number of benzene rings is 2. The van der Waals surface area contributed by atoms with Crippen molar-refractivity contribution < 1.29 is 4.39 Å². The van der Waals surface area contributed by atoms with Crippen LogP contribution in [0.3, 0.4) is 0 Å². The van der Waals surface area contributed by atoms with E-state index in [0.717, 1.165) is 28.8 Å². The Morgan fingerprint density at radius 3 is 2.47 bits per heavy atom. The lowest BCUT2D eigenvalue weighted by Gasteiger charge is -2.24. The maximum absolute atomic E-state index is 13.3. The number of rotatable bonds is 4. The zero-order valence-electron chi connectivity index (χ0n) is 10.5. The number of alkyl halides is 1. The van der Waals surface area contributed by atoms with Gasteiger partial charge in [0.05, 0.1) is 0 Å². The van der Waals surface area contributed by atoms with Crippen LogP contribution < -0.4 is 4.90 Å². The number of anilines is 2. The van der Waals surface area contributed by atoms with Crippen molar-refractivity contribution in [1.82, 2.24) is 0 Å². The second kappa shape index (κ2) is 6.40. The molecular weight excluding hydrogens is 329 g/mol. The van der Waals surface area contributed by atoms with Gasteiger partial charge in [0.2, 0.25) is 0 Å². The molecule has 0 amide bonds. The van der Waals surface area contributed by atoms with Crippen molar-refractivity contribution in [3.05, 3.63) is 58.9 Å². The van der Waals surface area contributed by atoms with Crippen molar-refractivity contribution in [3.63, 3.8) is 0 Å². The molecule has 1 nitrogen and oxygen atoms in total. The van der Waals surface area contributed by atoms with Crippen LogP contribution in [0.25, 0.3) is 0 Å². The van der Waals surface area contributed by atoms with E-state index < -0.39 is 0 Å². The Morgan fingerprint density at radius 1 is 1.16 bits per heavy atom. The molecule has 0 unspecified atom stereocenters. The molecule has 0 saturated heterocycles. The molecule has 0 fully saturated rings. The van der Waals surface area contributed by atoms with E-state index in [1.807, 2.05) is 36.1 Å². The molecule has 0 radical (unpaired) electrons. The van der Waals surface area contributed by atoms with Gasteiger partial charge in [0.15, 0.2) is 0 Å². The van der Waals surface area contributed by atoms with Crippen molar-refractivity contribution in [3.8, 4) is 0 Å². The van der Waals surface area contributed by atoms with Crippen LogP contribution in [-0.2, 0) is 5.33 Å². The van der Waals surface area contributed by atoms with Gasteiger partial charge >= 0.3 is 0 Å². The Kier molecular flexibility index (Phi) is 4.83. The monoisotopic (exact) mass is 341 g/mol. The molecule has 0 aliphatic heterocycles. The van der Waals surface area contributed by atoms with Gasteiger partial charge in [-0.15, -0.1) is 0 Å². The molecule has 0 bridgehead atoms. The summed E-state index contributed by atoms with van der Waals surface area (Å²) in [5.74, 6) is -0.237. The van der Waals surface area contributed by atoms with E-state index in [-0.39, 0.29) is 5.82 Å². The minimum Gasteiger partial charge on any atom is -0.342 e. The molecule has 0 atom stereocenters. The van der Waals surface area contributed by atoms with Crippen LogP contribution in [0.15, 0.2) is 42.5 Å². The fourth-order valence-electron chi connectivity index (χ4n) is 1.97. The molecule has 2 rings (SSSR count). The van der Waals surface area contributed by atoms with Crippen LogP contribution >= 0.6 is 27.5 Å². The summed E-state index contributed by atoms with van der Waals surface area (Å²) in [6.07, 6.45) is 0. The van der Waals surface area contributed by atoms with Crippen molar-refractivity contribution in [2.24, 2.45) is 0 Å². The fraction of sp³-hybridized carbons (Fsp3) is 0.200. The molecule has 0 N–H and O–H groups in total. The third kappa shape index (κ3) is 3.28. The van der Waals surface area contributed by atoms with Crippen LogP contribution in [-0.4, -0.2) is 6.54 Å². The van der Waals surface area contributed by atoms with Crippen molar-refractivity contribution >= 4 is 38.9 Å². The SMILES string of the molecule is CCN(c1cccc(F)c1)c1ccc(CBr)c(Cl)c1. The minimum atomic E-state index is -0.237. The van der Waals surface area contributed by atoms with Gasteiger partial charge < -0.3 is 4.90 Å². The van der Waals surface area contributed by atoms with E-state index in [9.17, 15) is 4.39 Å². The topological polar surface area (TPSA) is 3.24 Å². The summed E-state index contributed by atoms with van der Waals surface area (Å²) in [5, 5.41) is 1.43. The molecule has 2 aromatic carbocycles. The lowest BCUT2D eigenvalue weighted by molar-refractivity contribution is 0.627. The van der Waals surface area contributed by atoms with Crippen LogP contribution in [0.1, 0.15) is 12.5 Å². The summed E-state index contributed by atoms with van der Waals surface area (Å²) < 4.78 is 13.3. The first-order chi connectivity index (χ1) is 9.15. The highest BCUT2D eigenvalue weighted by Gasteiger charge is 2.10.